The second-order valence-corrected chi connectivity index (χ2v) is 13.5. The van der Waals surface area contributed by atoms with Gasteiger partial charge < -0.3 is 36.5 Å². The maximum atomic E-state index is 13.4. The second kappa shape index (κ2) is 18.0. The number of carboxylic acid groups (broad SMARTS) is 1. The topological polar surface area (TPSA) is 191 Å². The number of hydrogen-bond donors (Lipinski definition) is 6. The van der Waals surface area contributed by atoms with Gasteiger partial charge in [0.05, 0.1) is 8.28 Å². The molecule has 0 unspecified atom stereocenters. The molecular formula is C38H40ClF3N8O5. The molecule has 1 aromatic heterocycles. The molecule has 1 fully saturated rings. The first-order chi connectivity index (χ1) is 26.9. The lowest BCUT2D eigenvalue weighted by atomic mass is 10.0. The molecule has 4 aromatic rings. The Kier molecular flexibility index (Phi) is 12.3. The molecule has 290 valence electrons. The summed E-state index contributed by atoms with van der Waals surface area (Å²) in [6.07, 6.45) is -2.41. The van der Waals surface area contributed by atoms with Gasteiger partial charge in [-0.15, -0.1) is 0 Å². The molecule has 0 spiro atoms. The van der Waals surface area contributed by atoms with Crippen LogP contribution in [-0.4, -0.2) is 68.4 Å². The van der Waals surface area contributed by atoms with E-state index in [-0.39, 0.29) is 36.0 Å². The number of carboxylic acids is 1. The fraction of sp³-hybridized carbons (Fsp3) is 0.342. The summed E-state index contributed by atoms with van der Waals surface area (Å²) >= 11 is 6.03. The van der Waals surface area contributed by atoms with Gasteiger partial charge in [-0.25, -0.2) is 4.79 Å². The van der Waals surface area contributed by atoms with Crippen LogP contribution in [0.1, 0.15) is 69.7 Å². The number of alkyl halides is 3. The van der Waals surface area contributed by atoms with E-state index >= 15 is 0 Å². The quantitative estimate of drug-likeness (QED) is 0.0435. The Morgan fingerprint density at radius 3 is 2.24 bits per heavy atom. The average molecular weight is 783 g/mol. The number of nitrogens with one attached hydrogen (secondary N) is 5. The molecule has 55 heavy (non-hydrogen) atoms. The minimum Gasteiger partial charge on any atom is -0.480 e. The summed E-state index contributed by atoms with van der Waals surface area (Å²) in [6.45, 7) is -2.47. The standard InChI is InChI=1S/C38H40ClF3N8O5/c1-23(43)7-5-6-10-29(32(52)46-30(33(53)54)21-24-8-3-2-4-9-24)45-31(51)25-11-17-28(18-12-25)44-34-47-35(49-36(48-34)55-22-38(40,41)42)50-37(19-20-37)26-13-15-27(39)16-14-26/h2-4,8-9,11-18,29-30,43H,5-7,10,19-22H2,1H3,(H,45,51)(H,46,52)(H,53,54)(H2,44,47,48,49,50)/t29-,30+/m1/s1/i22D2. The van der Waals surface area contributed by atoms with Crippen molar-refractivity contribution in [3.63, 3.8) is 0 Å². The van der Waals surface area contributed by atoms with Crippen LogP contribution in [0.15, 0.2) is 78.9 Å². The first kappa shape index (κ1) is 37.5. The van der Waals surface area contributed by atoms with Crippen LogP contribution in [0.25, 0.3) is 0 Å². The molecule has 0 bridgehead atoms. The van der Waals surface area contributed by atoms with E-state index in [9.17, 15) is 32.7 Å². The van der Waals surface area contributed by atoms with Gasteiger partial charge in [0.15, 0.2) is 6.56 Å². The van der Waals surface area contributed by atoms with E-state index in [0.29, 0.717) is 48.4 Å². The molecule has 1 heterocycles. The van der Waals surface area contributed by atoms with Crippen LogP contribution in [0.3, 0.4) is 0 Å². The van der Waals surface area contributed by atoms with E-state index in [2.05, 4.69) is 41.0 Å². The van der Waals surface area contributed by atoms with Crippen LogP contribution in [0, 0.1) is 5.41 Å². The van der Waals surface area contributed by atoms with Gasteiger partial charge in [0.2, 0.25) is 17.8 Å². The van der Waals surface area contributed by atoms with Crippen LogP contribution in [0.4, 0.5) is 30.8 Å². The molecule has 0 aliphatic heterocycles. The third-order valence-corrected chi connectivity index (χ3v) is 8.84. The minimum absolute atomic E-state index is 0.0229. The smallest absolute Gasteiger partial charge is 0.422 e. The first-order valence-electron chi connectivity index (χ1n) is 18.3. The predicted octanol–water partition coefficient (Wildman–Crippen LogP) is 6.82. The number of aromatic nitrogens is 3. The zero-order chi connectivity index (χ0) is 41.4. The van der Waals surface area contributed by atoms with Crippen molar-refractivity contribution < 1.29 is 40.1 Å². The highest BCUT2D eigenvalue weighted by molar-refractivity contribution is 6.30. The molecular weight excluding hydrogens is 741 g/mol. The number of benzene rings is 3. The van der Waals surface area contributed by atoms with E-state index in [1.165, 1.54) is 24.3 Å². The second-order valence-electron chi connectivity index (χ2n) is 13.0. The van der Waals surface area contributed by atoms with E-state index in [1.54, 1.807) is 61.5 Å². The van der Waals surface area contributed by atoms with E-state index in [1.807, 2.05) is 0 Å². The molecule has 0 saturated heterocycles. The monoisotopic (exact) mass is 782 g/mol. The number of nitrogens with zero attached hydrogens (tertiary/aromatic N) is 3. The van der Waals surface area contributed by atoms with Crippen molar-refractivity contribution in [2.24, 2.45) is 0 Å². The normalized spacial score (nSPS) is 15.0. The van der Waals surface area contributed by atoms with Gasteiger partial charge in [0, 0.05) is 28.4 Å². The molecule has 2 atom stereocenters. The number of ether oxygens (including phenoxy) is 1. The lowest BCUT2D eigenvalue weighted by Gasteiger charge is -2.22. The first-order valence-corrected chi connectivity index (χ1v) is 17.7. The lowest BCUT2D eigenvalue weighted by Crippen LogP contribution is -2.52. The van der Waals surface area contributed by atoms with Crippen molar-refractivity contribution in [2.75, 3.05) is 17.2 Å². The number of rotatable bonds is 19. The molecule has 1 saturated carbocycles. The van der Waals surface area contributed by atoms with Crippen molar-refractivity contribution in [3.8, 4) is 6.01 Å². The van der Waals surface area contributed by atoms with Crippen LogP contribution < -0.4 is 26.0 Å². The van der Waals surface area contributed by atoms with E-state index in [0.717, 1.165) is 5.56 Å². The highest BCUT2D eigenvalue weighted by Crippen LogP contribution is 2.48. The molecule has 1 aliphatic rings. The molecule has 6 N–H and O–H groups in total. The summed E-state index contributed by atoms with van der Waals surface area (Å²) in [6, 6.07) is 18.1. The number of carbonyl (C=O) groups excluding carboxylic acids is 2. The van der Waals surface area contributed by atoms with Crippen LogP contribution >= 0.6 is 11.6 Å². The Morgan fingerprint density at radius 1 is 0.945 bits per heavy atom. The Hall–Kier alpha value is -5.77. The van der Waals surface area contributed by atoms with Crippen LogP contribution in [0.2, 0.25) is 5.02 Å². The SMILES string of the molecule is [2H]C([2H])(Oc1nc(Nc2ccc(C(=O)N[C@H](CCCCC(C)=N)C(=O)N[C@@H](Cc3ccccc3)C(=O)O)cc2)nc(NC2(c3ccc(Cl)cc3)CC2)n1)C(F)(F)F. The summed E-state index contributed by atoms with van der Waals surface area (Å²) in [4.78, 5) is 50.9. The largest absolute Gasteiger partial charge is 0.480 e. The molecule has 3 aromatic carbocycles. The van der Waals surface area contributed by atoms with Crippen molar-refractivity contribution in [3.05, 3.63) is 101 Å². The number of hydrogen-bond acceptors (Lipinski definition) is 10. The maximum Gasteiger partial charge on any atom is 0.422 e. The van der Waals surface area contributed by atoms with Gasteiger partial charge in [-0.05, 0) is 86.6 Å². The van der Waals surface area contributed by atoms with Crippen LogP contribution in [-0.2, 0) is 21.5 Å². The minimum atomic E-state index is -5.41. The number of amides is 2. The van der Waals surface area contributed by atoms with Gasteiger partial charge in [-0.1, -0.05) is 60.5 Å². The third kappa shape index (κ3) is 12.4. The predicted molar refractivity (Wildman–Crippen MR) is 200 cm³/mol. The maximum absolute atomic E-state index is 13.4. The molecule has 0 radical (unpaired) electrons. The van der Waals surface area contributed by atoms with Crippen molar-refractivity contribution in [2.45, 2.75) is 75.7 Å². The Morgan fingerprint density at radius 2 is 1.62 bits per heavy atom. The number of carbonyl (C=O) groups is 3. The zero-order valence-corrected chi connectivity index (χ0v) is 30.3. The molecule has 1 aliphatic carbocycles. The fourth-order valence-corrected chi connectivity index (χ4v) is 5.74. The zero-order valence-electron chi connectivity index (χ0n) is 31.5. The van der Waals surface area contributed by atoms with Gasteiger partial charge in [0.1, 0.15) is 12.1 Å². The summed E-state index contributed by atoms with van der Waals surface area (Å²) < 4.78 is 59.6. The molecule has 2 amide bonds. The number of aliphatic carboxylic acids is 1. The summed E-state index contributed by atoms with van der Waals surface area (Å²) in [5, 5.41) is 29.2. The lowest BCUT2D eigenvalue weighted by molar-refractivity contribution is -0.154. The number of unbranched alkanes of at least 4 members (excludes halogenated alkanes) is 1. The fourth-order valence-electron chi connectivity index (χ4n) is 5.62. The van der Waals surface area contributed by atoms with E-state index < -0.39 is 54.2 Å². The Bertz CT molecular complexity index is 2060. The van der Waals surface area contributed by atoms with Crippen molar-refractivity contribution in [1.29, 1.82) is 5.41 Å². The highest BCUT2D eigenvalue weighted by Gasteiger charge is 2.45. The number of anilines is 3. The average Bonchev–Trinajstić information content (AvgIpc) is 3.92. The molecule has 13 nitrogen and oxygen atoms in total. The van der Waals surface area contributed by atoms with E-state index in [4.69, 9.17) is 19.8 Å². The van der Waals surface area contributed by atoms with Gasteiger partial charge >= 0.3 is 18.2 Å². The Balaban J connectivity index is 1.32. The van der Waals surface area contributed by atoms with Crippen molar-refractivity contribution >= 4 is 52.7 Å². The van der Waals surface area contributed by atoms with Crippen LogP contribution in [0.5, 0.6) is 6.01 Å². The molecule has 5 rings (SSSR count). The highest BCUT2D eigenvalue weighted by atomic mass is 35.5. The third-order valence-electron chi connectivity index (χ3n) is 8.59. The summed E-state index contributed by atoms with van der Waals surface area (Å²) in [5.74, 6) is -3.07. The van der Waals surface area contributed by atoms with Gasteiger partial charge in [-0.3, -0.25) is 9.59 Å². The number of halogens is 4. The van der Waals surface area contributed by atoms with Crippen molar-refractivity contribution in [1.82, 2.24) is 25.6 Å². The summed E-state index contributed by atoms with van der Waals surface area (Å²) in [7, 11) is 0. The molecule has 17 heteroatoms. The van der Waals surface area contributed by atoms with Gasteiger partial charge in [-0.2, -0.15) is 28.1 Å². The van der Waals surface area contributed by atoms with Gasteiger partial charge in [0.25, 0.3) is 5.91 Å². The Labute approximate surface area is 322 Å². The summed E-state index contributed by atoms with van der Waals surface area (Å²) in [5.41, 5.74) is 1.70.